The minimum atomic E-state index is 0.253. The Kier molecular flexibility index (Phi) is 2.69. The molecule has 0 aliphatic carbocycles. The van der Waals surface area contributed by atoms with Crippen LogP contribution in [0.5, 0.6) is 0 Å². The van der Waals surface area contributed by atoms with E-state index in [4.69, 9.17) is 17.3 Å². The number of nitrogens with zero attached hydrogens (tertiary/aromatic N) is 2. The van der Waals surface area contributed by atoms with E-state index in [2.05, 4.69) is 15.3 Å². The van der Waals surface area contributed by atoms with Crippen molar-refractivity contribution in [3.05, 3.63) is 41.8 Å². The fourth-order valence-corrected chi connectivity index (χ4v) is 1.27. The summed E-state index contributed by atoms with van der Waals surface area (Å²) in [6, 6.07) is 9.59. The van der Waals surface area contributed by atoms with Crippen molar-refractivity contribution in [2.45, 2.75) is 0 Å². The molecule has 0 aliphatic heterocycles. The number of nitrogens with one attached hydrogen (secondary N) is 1. The minimum Gasteiger partial charge on any atom is -0.393 e. The van der Waals surface area contributed by atoms with Gasteiger partial charge in [-0.25, -0.2) is 9.97 Å². The van der Waals surface area contributed by atoms with Crippen LogP contribution in [0.4, 0.5) is 17.2 Å². The van der Waals surface area contributed by atoms with Gasteiger partial charge in [0, 0.05) is 5.69 Å². The summed E-state index contributed by atoms with van der Waals surface area (Å²) < 4.78 is 0. The number of nitrogen functional groups attached to an aromatic ring is 1. The largest absolute Gasteiger partial charge is 0.393 e. The number of benzene rings is 1. The molecule has 3 N–H and O–H groups in total. The SMILES string of the molecule is Nc1c(Cl)ncnc1Nc1ccccc1. The van der Waals surface area contributed by atoms with Gasteiger partial charge < -0.3 is 11.1 Å². The van der Waals surface area contributed by atoms with Crippen molar-refractivity contribution in [2.75, 3.05) is 11.1 Å². The Bertz CT molecular complexity index is 458. The monoisotopic (exact) mass is 220 g/mol. The minimum absolute atomic E-state index is 0.253. The smallest absolute Gasteiger partial charge is 0.158 e. The highest BCUT2D eigenvalue weighted by Gasteiger charge is 2.05. The van der Waals surface area contributed by atoms with Gasteiger partial charge in [-0.2, -0.15) is 0 Å². The molecule has 1 aromatic heterocycles. The quantitative estimate of drug-likeness (QED) is 0.764. The standard InChI is InChI=1S/C10H9ClN4/c11-9-8(12)10(14-6-13-9)15-7-4-2-1-3-5-7/h1-6H,12H2,(H,13,14,15). The predicted octanol–water partition coefficient (Wildman–Crippen LogP) is 2.46. The predicted molar refractivity (Wildman–Crippen MR) is 61.2 cm³/mol. The first-order valence-corrected chi connectivity index (χ1v) is 4.73. The van der Waals surface area contributed by atoms with Crippen LogP contribution < -0.4 is 11.1 Å². The van der Waals surface area contributed by atoms with Gasteiger partial charge in [-0.3, -0.25) is 0 Å². The lowest BCUT2D eigenvalue weighted by Gasteiger charge is -2.07. The van der Waals surface area contributed by atoms with E-state index in [-0.39, 0.29) is 5.15 Å². The molecule has 0 saturated carbocycles. The molecule has 0 bridgehead atoms. The molecule has 0 radical (unpaired) electrons. The van der Waals surface area contributed by atoms with E-state index in [1.54, 1.807) is 0 Å². The molecular formula is C10H9ClN4. The van der Waals surface area contributed by atoms with Gasteiger partial charge in [0.2, 0.25) is 0 Å². The van der Waals surface area contributed by atoms with Crippen molar-refractivity contribution >= 4 is 28.8 Å². The first-order valence-electron chi connectivity index (χ1n) is 4.35. The number of hydrogen-bond donors (Lipinski definition) is 2. The van der Waals surface area contributed by atoms with Crippen LogP contribution in [-0.4, -0.2) is 9.97 Å². The zero-order chi connectivity index (χ0) is 10.7. The van der Waals surface area contributed by atoms with Crippen LogP contribution in [0.15, 0.2) is 36.7 Å². The van der Waals surface area contributed by atoms with Crippen LogP contribution in [0, 0.1) is 0 Å². The van der Waals surface area contributed by atoms with E-state index in [0.717, 1.165) is 5.69 Å². The molecule has 0 amide bonds. The number of anilines is 3. The molecule has 0 spiro atoms. The average Bonchev–Trinajstić information content (AvgIpc) is 2.26. The highest BCUT2D eigenvalue weighted by Crippen LogP contribution is 2.24. The van der Waals surface area contributed by atoms with E-state index in [9.17, 15) is 0 Å². The third-order valence-corrected chi connectivity index (χ3v) is 2.17. The summed E-state index contributed by atoms with van der Waals surface area (Å²) in [6.07, 6.45) is 1.37. The van der Waals surface area contributed by atoms with Crippen molar-refractivity contribution in [3.8, 4) is 0 Å². The topological polar surface area (TPSA) is 63.8 Å². The van der Waals surface area contributed by atoms with Crippen molar-refractivity contribution in [1.29, 1.82) is 0 Å². The Morgan fingerprint density at radius 1 is 1.13 bits per heavy atom. The average molecular weight is 221 g/mol. The first-order chi connectivity index (χ1) is 7.27. The number of aromatic nitrogens is 2. The van der Waals surface area contributed by atoms with Gasteiger partial charge in [0.05, 0.1) is 0 Å². The lowest BCUT2D eigenvalue weighted by Crippen LogP contribution is -2.00. The summed E-state index contributed by atoms with van der Waals surface area (Å²) in [5.74, 6) is 0.515. The maximum Gasteiger partial charge on any atom is 0.158 e. The second kappa shape index (κ2) is 4.14. The number of para-hydroxylation sites is 1. The van der Waals surface area contributed by atoms with E-state index < -0.39 is 0 Å². The van der Waals surface area contributed by atoms with Crippen LogP contribution in [-0.2, 0) is 0 Å². The lowest BCUT2D eigenvalue weighted by molar-refractivity contribution is 1.17. The Balaban J connectivity index is 2.29. The van der Waals surface area contributed by atoms with Crippen LogP contribution in [0.25, 0.3) is 0 Å². The molecule has 4 nitrogen and oxygen atoms in total. The molecule has 1 aromatic carbocycles. The fraction of sp³-hybridized carbons (Fsp3) is 0. The molecule has 2 aromatic rings. The molecule has 2 rings (SSSR count). The van der Waals surface area contributed by atoms with E-state index in [1.807, 2.05) is 30.3 Å². The van der Waals surface area contributed by atoms with E-state index in [0.29, 0.717) is 11.5 Å². The molecule has 5 heteroatoms. The Labute approximate surface area is 92.1 Å². The van der Waals surface area contributed by atoms with Crippen molar-refractivity contribution in [3.63, 3.8) is 0 Å². The van der Waals surface area contributed by atoms with E-state index in [1.165, 1.54) is 6.33 Å². The molecule has 0 atom stereocenters. The summed E-state index contributed by atoms with van der Waals surface area (Å²) in [5.41, 5.74) is 6.96. The summed E-state index contributed by atoms with van der Waals surface area (Å²) in [7, 11) is 0. The fourth-order valence-electron chi connectivity index (χ4n) is 1.13. The molecule has 15 heavy (non-hydrogen) atoms. The Morgan fingerprint density at radius 3 is 2.60 bits per heavy atom. The van der Waals surface area contributed by atoms with Crippen molar-refractivity contribution < 1.29 is 0 Å². The molecule has 0 saturated heterocycles. The molecular weight excluding hydrogens is 212 g/mol. The lowest BCUT2D eigenvalue weighted by atomic mass is 10.3. The highest BCUT2D eigenvalue weighted by molar-refractivity contribution is 6.32. The van der Waals surface area contributed by atoms with Crippen LogP contribution >= 0.6 is 11.6 Å². The molecule has 0 fully saturated rings. The molecule has 0 unspecified atom stereocenters. The van der Waals surface area contributed by atoms with Gasteiger partial charge in [-0.1, -0.05) is 29.8 Å². The number of nitrogens with two attached hydrogens (primary N) is 1. The Morgan fingerprint density at radius 2 is 1.87 bits per heavy atom. The maximum absolute atomic E-state index is 5.76. The highest BCUT2D eigenvalue weighted by atomic mass is 35.5. The van der Waals surface area contributed by atoms with Gasteiger partial charge in [0.15, 0.2) is 11.0 Å². The number of rotatable bonds is 2. The normalized spacial score (nSPS) is 9.93. The third-order valence-electron chi connectivity index (χ3n) is 1.87. The number of hydrogen-bond acceptors (Lipinski definition) is 4. The number of halogens is 1. The third kappa shape index (κ3) is 2.16. The van der Waals surface area contributed by atoms with E-state index >= 15 is 0 Å². The zero-order valence-corrected chi connectivity index (χ0v) is 8.57. The molecule has 0 aliphatic rings. The second-order valence-corrected chi connectivity index (χ2v) is 3.28. The summed E-state index contributed by atoms with van der Waals surface area (Å²) in [4.78, 5) is 7.77. The summed E-state index contributed by atoms with van der Waals surface area (Å²) in [6.45, 7) is 0. The summed E-state index contributed by atoms with van der Waals surface area (Å²) in [5, 5.41) is 3.31. The summed E-state index contributed by atoms with van der Waals surface area (Å²) >= 11 is 5.76. The van der Waals surface area contributed by atoms with Crippen molar-refractivity contribution in [2.24, 2.45) is 0 Å². The first kappa shape index (κ1) is 9.73. The molecule has 1 heterocycles. The van der Waals surface area contributed by atoms with Gasteiger partial charge in [0.25, 0.3) is 0 Å². The van der Waals surface area contributed by atoms with Crippen molar-refractivity contribution in [1.82, 2.24) is 9.97 Å². The molecule has 76 valence electrons. The maximum atomic E-state index is 5.76. The van der Waals surface area contributed by atoms with Crippen LogP contribution in [0.1, 0.15) is 0 Å². The van der Waals surface area contributed by atoms with Gasteiger partial charge in [-0.15, -0.1) is 0 Å². The Hall–Kier alpha value is -1.81. The van der Waals surface area contributed by atoms with Crippen LogP contribution in [0.2, 0.25) is 5.15 Å². The zero-order valence-electron chi connectivity index (χ0n) is 7.81. The van der Waals surface area contributed by atoms with Gasteiger partial charge in [0.1, 0.15) is 12.0 Å². The van der Waals surface area contributed by atoms with Gasteiger partial charge in [-0.05, 0) is 12.1 Å². The second-order valence-electron chi connectivity index (χ2n) is 2.92. The van der Waals surface area contributed by atoms with Gasteiger partial charge >= 0.3 is 0 Å². The van der Waals surface area contributed by atoms with Crippen LogP contribution in [0.3, 0.4) is 0 Å².